The van der Waals surface area contributed by atoms with Crippen molar-refractivity contribution in [3.05, 3.63) is 58.5 Å². The Morgan fingerprint density at radius 2 is 2.12 bits per heavy atom. The van der Waals surface area contributed by atoms with E-state index in [0.29, 0.717) is 0 Å². The van der Waals surface area contributed by atoms with Crippen LogP contribution in [0.25, 0.3) is 0 Å². The van der Waals surface area contributed by atoms with Crippen LogP contribution in [0.4, 0.5) is 0 Å². The van der Waals surface area contributed by atoms with Crippen molar-refractivity contribution in [3.8, 4) is 0 Å². The first-order valence-corrected chi connectivity index (χ1v) is 5.57. The van der Waals surface area contributed by atoms with Crippen molar-refractivity contribution in [2.75, 3.05) is 7.05 Å². The number of aryl methyl sites for hydroxylation is 1. The molecule has 0 aliphatic rings. The van der Waals surface area contributed by atoms with Crippen LogP contribution in [0.15, 0.2) is 41.0 Å². The van der Waals surface area contributed by atoms with E-state index in [4.69, 9.17) is 16.0 Å². The van der Waals surface area contributed by atoms with Gasteiger partial charge in [0.25, 0.3) is 0 Å². The first kappa shape index (κ1) is 11.2. The van der Waals surface area contributed by atoms with E-state index in [0.717, 1.165) is 16.3 Å². The second-order valence-electron chi connectivity index (χ2n) is 3.74. The molecule has 2 rings (SSSR count). The van der Waals surface area contributed by atoms with E-state index in [9.17, 15) is 0 Å². The monoisotopic (exact) mass is 235 g/mol. The van der Waals surface area contributed by atoms with Gasteiger partial charge in [-0.05, 0) is 49.4 Å². The van der Waals surface area contributed by atoms with Gasteiger partial charge in [-0.15, -0.1) is 0 Å². The number of hydrogen-bond acceptors (Lipinski definition) is 2. The molecule has 16 heavy (non-hydrogen) atoms. The maximum absolute atomic E-state index is 5.95. The average molecular weight is 236 g/mol. The van der Waals surface area contributed by atoms with Gasteiger partial charge in [-0.2, -0.15) is 0 Å². The van der Waals surface area contributed by atoms with Gasteiger partial charge in [-0.1, -0.05) is 17.7 Å². The quantitative estimate of drug-likeness (QED) is 0.880. The largest absolute Gasteiger partial charge is 0.467 e. The third-order valence-corrected chi connectivity index (χ3v) is 2.89. The SMILES string of the molecule is CNC(c1ccco1)c1ccc(Cl)cc1C. The predicted molar refractivity (Wildman–Crippen MR) is 65.8 cm³/mol. The van der Waals surface area contributed by atoms with Crippen LogP contribution in [0.1, 0.15) is 22.9 Å². The molecule has 84 valence electrons. The zero-order valence-corrected chi connectivity index (χ0v) is 10.1. The zero-order chi connectivity index (χ0) is 11.5. The van der Waals surface area contributed by atoms with E-state index >= 15 is 0 Å². The molecule has 0 aliphatic carbocycles. The summed E-state index contributed by atoms with van der Waals surface area (Å²) in [6.45, 7) is 2.05. The highest BCUT2D eigenvalue weighted by Gasteiger charge is 2.16. The molecule has 2 aromatic rings. The molecular formula is C13H14ClNO. The summed E-state index contributed by atoms with van der Waals surface area (Å²) in [4.78, 5) is 0. The molecule has 1 N–H and O–H groups in total. The van der Waals surface area contributed by atoms with Crippen LogP contribution in [-0.4, -0.2) is 7.05 Å². The Labute approximate surface area is 100 Å². The number of halogens is 1. The molecule has 1 atom stereocenters. The Bertz CT molecular complexity index is 465. The molecule has 0 saturated heterocycles. The molecule has 0 aliphatic heterocycles. The highest BCUT2D eigenvalue weighted by Crippen LogP contribution is 2.26. The lowest BCUT2D eigenvalue weighted by atomic mass is 9.99. The summed E-state index contributed by atoms with van der Waals surface area (Å²) in [5.41, 5.74) is 2.34. The number of rotatable bonds is 3. The van der Waals surface area contributed by atoms with E-state index in [2.05, 4.69) is 12.2 Å². The third-order valence-electron chi connectivity index (χ3n) is 2.66. The smallest absolute Gasteiger partial charge is 0.125 e. The van der Waals surface area contributed by atoms with Crippen molar-refractivity contribution in [1.82, 2.24) is 5.32 Å². The van der Waals surface area contributed by atoms with E-state index < -0.39 is 0 Å². The standard InChI is InChI=1S/C13H14ClNO/c1-9-8-10(14)5-6-11(9)13(15-2)12-4-3-7-16-12/h3-8,13,15H,1-2H3. The van der Waals surface area contributed by atoms with Gasteiger partial charge in [-0.3, -0.25) is 0 Å². The van der Waals surface area contributed by atoms with Crippen LogP contribution < -0.4 is 5.32 Å². The predicted octanol–water partition coefficient (Wildman–Crippen LogP) is 3.55. The molecule has 0 radical (unpaired) electrons. The minimum absolute atomic E-state index is 0.0762. The van der Waals surface area contributed by atoms with Gasteiger partial charge in [0.05, 0.1) is 12.3 Å². The van der Waals surface area contributed by atoms with Crippen LogP contribution in [0.2, 0.25) is 5.02 Å². The van der Waals surface area contributed by atoms with Crippen LogP contribution in [0.5, 0.6) is 0 Å². The summed E-state index contributed by atoms with van der Waals surface area (Å²) in [7, 11) is 1.92. The molecular weight excluding hydrogens is 222 g/mol. The molecule has 1 heterocycles. The summed E-state index contributed by atoms with van der Waals surface area (Å²) < 4.78 is 5.43. The molecule has 1 aromatic carbocycles. The van der Waals surface area contributed by atoms with Gasteiger partial charge in [-0.25, -0.2) is 0 Å². The van der Waals surface area contributed by atoms with Gasteiger partial charge >= 0.3 is 0 Å². The highest BCUT2D eigenvalue weighted by molar-refractivity contribution is 6.30. The highest BCUT2D eigenvalue weighted by atomic mass is 35.5. The van der Waals surface area contributed by atoms with Crippen molar-refractivity contribution in [2.24, 2.45) is 0 Å². The van der Waals surface area contributed by atoms with Gasteiger partial charge < -0.3 is 9.73 Å². The van der Waals surface area contributed by atoms with Gasteiger partial charge in [0.15, 0.2) is 0 Å². The van der Waals surface area contributed by atoms with Crippen molar-refractivity contribution in [3.63, 3.8) is 0 Å². The number of benzene rings is 1. The third kappa shape index (κ3) is 2.13. The van der Waals surface area contributed by atoms with Crippen molar-refractivity contribution in [1.29, 1.82) is 0 Å². The number of furan rings is 1. The molecule has 1 aromatic heterocycles. The van der Waals surface area contributed by atoms with Crippen molar-refractivity contribution in [2.45, 2.75) is 13.0 Å². The fourth-order valence-corrected chi connectivity index (χ4v) is 2.10. The van der Waals surface area contributed by atoms with Crippen molar-refractivity contribution < 1.29 is 4.42 Å². The van der Waals surface area contributed by atoms with Crippen LogP contribution in [0.3, 0.4) is 0 Å². The van der Waals surface area contributed by atoms with E-state index in [1.54, 1.807) is 6.26 Å². The van der Waals surface area contributed by atoms with Crippen molar-refractivity contribution >= 4 is 11.6 Å². The molecule has 0 spiro atoms. The normalized spacial score (nSPS) is 12.7. The summed E-state index contributed by atoms with van der Waals surface area (Å²) in [6.07, 6.45) is 1.69. The lowest BCUT2D eigenvalue weighted by molar-refractivity contribution is 0.462. The van der Waals surface area contributed by atoms with Gasteiger partial charge in [0.2, 0.25) is 0 Å². The lowest BCUT2D eigenvalue weighted by Crippen LogP contribution is -2.17. The molecule has 2 nitrogen and oxygen atoms in total. The first-order valence-electron chi connectivity index (χ1n) is 5.19. The first-order chi connectivity index (χ1) is 7.72. The zero-order valence-electron chi connectivity index (χ0n) is 9.33. The van der Waals surface area contributed by atoms with Crippen LogP contribution >= 0.6 is 11.6 Å². The molecule has 0 bridgehead atoms. The van der Waals surface area contributed by atoms with Crippen LogP contribution in [-0.2, 0) is 0 Å². The molecule has 0 saturated carbocycles. The summed E-state index contributed by atoms with van der Waals surface area (Å²) in [5.74, 6) is 0.910. The molecule has 3 heteroatoms. The Balaban J connectivity index is 2.41. The molecule has 1 unspecified atom stereocenters. The van der Waals surface area contributed by atoms with Gasteiger partial charge in [0, 0.05) is 5.02 Å². The fourth-order valence-electron chi connectivity index (χ4n) is 1.87. The van der Waals surface area contributed by atoms with E-state index in [-0.39, 0.29) is 6.04 Å². The maximum Gasteiger partial charge on any atom is 0.125 e. The average Bonchev–Trinajstić information content (AvgIpc) is 2.75. The summed E-state index contributed by atoms with van der Waals surface area (Å²) in [5, 5.41) is 4.00. The Kier molecular flexibility index (Phi) is 3.32. The summed E-state index contributed by atoms with van der Waals surface area (Å²) in [6, 6.07) is 9.83. The number of nitrogens with one attached hydrogen (secondary N) is 1. The Morgan fingerprint density at radius 1 is 1.31 bits per heavy atom. The Hall–Kier alpha value is -1.25. The fraction of sp³-hybridized carbons (Fsp3) is 0.231. The van der Waals surface area contributed by atoms with Crippen LogP contribution in [0, 0.1) is 6.92 Å². The van der Waals surface area contributed by atoms with E-state index in [1.165, 1.54) is 5.56 Å². The second kappa shape index (κ2) is 4.73. The topological polar surface area (TPSA) is 25.2 Å². The Morgan fingerprint density at radius 3 is 2.69 bits per heavy atom. The molecule has 0 fully saturated rings. The minimum atomic E-state index is 0.0762. The summed E-state index contributed by atoms with van der Waals surface area (Å²) >= 11 is 5.95. The maximum atomic E-state index is 5.95. The molecule has 0 amide bonds. The number of hydrogen-bond donors (Lipinski definition) is 1. The second-order valence-corrected chi connectivity index (χ2v) is 4.17. The lowest BCUT2D eigenvalue weighted by Gasteiger charge is -2.16. The van der Waals surface area contributed by atoms with Gasteiger partial charge in [0.1, 0.15) is 5.76 Å². The minimum Gasteiger partial charge on any atom is -0.467 e. The van der Waals surface area contributed by atoms with E-state index in [1.807, 2.05) is 37.4 Å².